The normalized spacial score (nSPS) is 14.1. The quantitative estimate of drug-likeness (QED) is 0.912. The van der Waals surface area contributed by atoms with Crippen LogP contribution in [0.25, 0.3) is 5.69 Å². The van der Waals surface area contributed by atoms with E-state index in [2.05, 4.69) is 5.10 Å². The Bertz CT molecular complexity index is 677. The lowest BCUT2D eigenvalue weighted by Gasteiger charge is -2.15. The molecule has 0 saturated heterocycles. The van der Waals surface area contributed by atoms with Crippen molar-refractivity contribution >= 4 is 5.97 Å². The van der Waals surface area contributed by atoms with Crippen LogP contribution in [0.2, 0.25) is 0 Å². The molecule has 104 valence electrons. The molecule has 1 aromatic carbocycles. The van der Waals surface area contributed by atoms with Crippen LogP contribution in [0.3, 0.4) is 0 Å². The molecule has 1 aliphatic heterocycles. The van der Waals surface area contributed by atoms with E-state index >= 15 is 0 Å². The molecule has 2 heterocycles. The smallest absolute Gasteiger partial charge is 0.356 e. The SMILES string of the molecule is O=C(O)c1nn(-c2c(F)cccc2F)c2c1COCC2. The van der Waals surface area contributed by atoms with Gasteiger partial charge in [-0.05, 0) is 12.1 Å². The molecule has 0 radical (unpaired) electrons. The highest BCUT2D eigenvalue weighted by Crippen LogP contribution is 2.26. The number of para-hydroxylation sites is 1. The number of aromatic nitrogens is 2. The van der Waals surface area contributed by atoms with E-state index in [0.717, 1.165) is 16.8 Å². The van der Waals surface area contributed by atoms with Gasteiger partial charge in [0.05, 0.1) is 18.9 Å². The van der Waals surface area contributed by atoms with E-state index in [-0.39, 0.29) is 18.0 Å². The number of hydrogen-bond donors (Lipinski definition) is 1. The van der Waals surface area contributed by atoms with Crippen molar-refractivity contribution < 1.29 is 23.4 Å². The average molecular weight is 280 g/mol. The van der Waals surface area contributed by atoms with Gasteiger partial charge in [-0.15, -0.1) is 0 Å². The summed E-state index contributed by atoms with van der Waals surface area (Å²) in [6.07, 6.45) is 0.351. The van der Waals surface area contributed by atoms with E-state index in [1.807, 2.05) is 0 Å². The van der Waals surface area contributed by atoms with E-state index in [4.69, 9.17) is 9.84 Å². The molecule has 0 spiro atoms. The Morgan fingerprint density at radius 3 is 2.70 bits per heavy atom. The van der Waals surface area contributed by atoms with Gasteiger partial charge in [0, 0.05) is 12.0 Å². The van der Waals surface area contributed by atoms with Gasteiger partial charge in [-0.1, -0.05) is 6.07 Å². The number of ether oxygens (including phenoxy) is 1. The zero-order valence-corrected chi connectivity index (χ0v) is 10.3. The maximum atomic E-state index is 13.8. The van der Waals surface area contributed by atoms with Crippen LogP contribution in [0.1, 0.15) is 21.7 Å². The minimum absolute atomic E-state index is 0.0764. The van der Waals surface area contributed by atoms with E-state index in [0.29, 0.717) is 24.3 Å². The second kappa shape index (κ2) is 4.68. The number of carboxylic acids is 1. The monoisotopic (exact) mass is 280 g/mol. The summed E-state index contributed by atoms with van der Waals surface area (Å²) in [6.45, 7) is 0.431. The summed E-state index contributed by atoms with van der Waals surface area (Å²) >= 11 is 0. The first kappa shape index (κ1) is 12.7. The minimum Gasteiger partial charge on any atom is -0.476 e. The Morgan fingerprint density at radius 1 is 1.35 bits per heavy atom. The van der Waals surface area contributed by atoms with Gasteiger partial charge >= 0.3 is 5.97 Å². The van der Waals surface area contributed by atoms with Gasteiger partial charge in [-0.2, -0.15) is 5.10 Å². The lowest BCUT2D eigenvalue weighted by Crippen LogP contribution is -2.15. The van der Waals surface area contributed by atoms with Crippen LogP contribution in [0.4, 0.5) is 8.78 Å². The molecule has 0 fully saturated rings. The lowest BCUT2D eigenvalue weighted by molar-refractivity contribution is 0.0677. The largest absolute Gasteiger partial charge is 0.476 e. The van der Waals surface area contributed by atoms with Gasteiger partial charge in [-0.3, -0.25) is 0 Å². The number of benzene rings is 1. The lowest BCUT2D eigenvalue weighted by atomic mass is 10.1. The van der Waals surface area contributed by atoms with Crippen LogP contribution in [-0.2, 0) is 17.8 Å². The molecule has 3 rings (SSSR count). The van der Waals surface area contributed by atoms with Crippen LogP contribution < -0.4 is 0 Å². The molecular formula is C13H10F2N2O3. The van der Waals surface area contributed by atoms with Crippen molar-refractivity contribution in [3.63, 3.8) is 0 Å². The van der Waals surface area contributed by atoms with E-state index in [1.54, 1.807) is 0 Å². The zero-order valence-electron chi connectivity index (χ0n) is 10.3. The van der Waals surface area contributed by atoms with E-state index in [9.17, 15) is 13.6 Å². The predicted molar refractivity (Wildman–Crippen MR) is 63.8 cm³/mol. The van der Waals surface area contributed by atoms with Gasteiger partial charge in [0.25, 0.3) is 0 Å². The number of halogens is 2. The molecule has 2 aromatic rings. The molecule has 0 amide bonds. The second-order valence-corrected chi connectivity index (χ2v) is 4.36. The van der Waals surface area contributed by atoms with Crippen molar-refractivity contribution in [2.45, 2.75) is 13.0 Å². The summed E-state index contributed by atoms with van der Waals surface area (Å²) in [6, 6.07) is 3.45. The Morgan fingerprint density at radius 2 is 2.05 bits per heavy atom. The number of carbonyl (C=O) groups is 1. The van der Waals surface area contributed by atoms with Gasteiger partial charge < -0.3 is 9.84 Å². The van der Waals surface area contributed by atoms with Crippen LogP contribution in [-0.4, -0.2) is 27.5 Å². The number of rotatable bonds is 2. The zero-order chi connectivity index (χ0) is 14.3. The molecule has 0 saturated carbocycles. The third-order valence-electron chi connectivity index (χ3n) is 3.17. The highest BCUT2D eigenvalue weighted by molar-refractivity contribution is 5.87. The molecule has 1 aliphatic rings. The fourth-order valence-corrected chi connectivity index (χ4v) is 2.28. The summed E-state index contributed by atoms with van der Waals surface area (Å²) < 4.78 is 33.9. The number of hydrogen-bond acceptors (Lipinski definition) is 3. The molecule has 0 bridgehead atoms. The van der Waals surface area contributed by atoms with Gasteiger partial charge in [0.1, 0.15) is 5.69 Å². The number of fused-ring (bicyclic) bond motifs is 1. The second-order valence-electron chi connectivity index (χ2n) is 4.36. The van der Waals surface area contributed by atoms with Crippen molar-refractivity contribution in [3.8, 4) is 5.69 Å². The van der Waals surface area contributed by atoms with E-state index < -0.39 is 17.6 Å². The highest BCUT2D eigenvalue weighted by atomic mass is 19.1. The first-order valence-corrected chi connectivity index (χ1v) is 5.95. The fourth-order valence-electron chi connectivity index (χ4n) is 2.28. The average Bonchev–Trinajstić information content (AvgIpc) is 2.79. The fraction of sp³-hybridized carbons (Fsp3) is 0.231. The van der Waals surface area contributed by atoms with Crippen molar-refractivity contribution in [2.75, 3.05) is 6.61 Å². The summed E-state index contributed by atoms with van der Waals surface area (Å²) in [5, 5.41) is 13.0. The molecular weight excluding hydrogens is 270 g/mol. The summed E-state index contributed by atoms with van der Waals surface area (Å²) in [5.41, 5.74) is 0.240. The molecule has 5 nitrogen and oxygen atoms in total. The topological polar surface area (TPSA) is 64.3 Å². The van der Waals surface area contributed by atoms with E-state index in [1.165, 1.54) is 6.07 Å². The molecule has 0 atom stereocenters. The molecule has 1 aromatic heterocycles. The van der Waals surface area contributed by atoms with Crippen molar-refractivity contribution in [3.05, 3.63) is 46.8 Å². The van der Waals surface area contributed by atoms with Gasteiger partial charge in [-0.25, -0.2) is 18.3 Å². The summed E-state index contributed by atoms with van der Waals surface area (Å²) in [4.78, 5) is 11.2. The van der Waals surface area contributed by atoms with Crippen molar-refractivity contribution in [1.29, 1.82) is 0 Å². The predicted octanol–water partition coefficient (Wildman–Crippen LogP) is 1.92. The van der Waals surface area contributed by atoms with Gasteiger partial charge in [0.15, 0.2) is 17.3 Å². The maximum Gasteiger partial charge on any atom is 0.356 e. The Hall–Kier alpha value is -2.28. The molecule has 7 heteroatoms. The highest BCUT2D eigenvalue weighted by Gasteiger charge is 2.27. The minimum atomic E-state index is -1.25. The first-order valence-electron chi connectivity index (χ1n) is 5.95. The molecule has 1 N–H and O–H groups in total. The third kappa shape index (κ3) is 1.87. The number of nitrogens with zero attached hydrogens (tertiary/aromatic N) is 2. The Labute approximate surface area is 112 Å². The van der Waals surface area contributed by atoms with Crippen LogP contribution in [0, 0.1) is 11.6 Å². The molecule has 0 aliphatic carbocycles. The summed E-state index contributed by atoms with van der Waals surface area (Å²) in [7, 11) is 0. The Balaban J connectivity index is 2.27. The molecule has 0 unspecified atom stereocenters. The van der Waals surface area contributed by atoms with Crippen LogP contribution in [0.5, 0.6) is 0 Å². The van der Waals surface area contributed by atoms with Gasteiger partial charge in [0.2, 0.25) is 0 Å². The maximum absolute atomic E-state index is 13.8. The Kier molecular flexibility index (Phi) is 2.98. The standard InChI is InChI=1S/C13H10F2N2O3/c14-8-2-1-3-9(15)12(8)17-10-4-5-20-6-7(10)11(16-17)13(18)19/h1-3H,4-6H2,(H,18,19). The third-order valence-corrected chi connectivity index (χ3v) is 3.17. The molecule has 20 heavy (non-hydrogen) atoms. The number of aromatic carboxylic acids is 1. The first-order chi connectivity index (χ1) is 9.59. The van der Waals surface area contributed by atoms with Crippen LogP contribution in [0.15, 0.2) is 18.2 Å². The van der Waals surface area contributed by atoms with Crippen LogP contribution >= 0.6 is 0 Å². The van der Waals surface area contributed by atoms with Crippen molar-refractivity contribution in [1.82, 2.24) is 9.78 Å². The summed E-state index contributed by atoms with van der Waals surface area (Å²) in [5.74, 6) is -2.83. The van der Waals surface area contributed by atoms with Crippen molar-refractivity contribution in [2.24, 2.45) is 0 Å². The number of carboxylic acid groups (broad SMARTS) is 1.